The van der Waals surface area contributed by atoms with Crippen LogP contribution in [0.2, 0.25) is 5.02 Å². The van der Waals surface area contributed by atoms with Gasteiger partial charge in [0.25, 0.3) is 0 Å². The molecule has 0 unspecified atom stereocenters. The Balaban J connectivity index is 1.75. The molecule has 0 radical (unpaired) electrons. The topological polar surface area (TPSA) is 49.2 Å². The van der Waals surface area contributed by atoms with Crippen LogP contribution >= 0.6 is 38.9 Å². The van der Waals surface area contributed by atoms with Crippen molar-refractivity contribution in [3.63, 3.8) is 0 Å². The van der Waals surface area contributed by atoms with Crippen LogP contribution in [0.1, 0.15) is 44.9 Å². The Morgan fingerprint density at radius 1 is 1.11 bits per heavy atom. The summed E-state index contributed by atoms with van der Waals surface area (Å²) in [6.07, 6.45) is 1.78. The average Bonchev–Trinajstić information content (AvgIpc) is 3.41. The molecule has 5 rings (SSSR count). The third-order valence-corrected chi connectivity index (χ3v) is 8.30. The number of hydrogen-bond acceptors (Lipinski definition) is 5. The maximum absolute atomic E-state index is 6.61. The van der Waals surface area contributed by atoms with Crippen molar-refractivity contribution in [2.24, 2.45) is 7.05 Å². The predicted octanol–water partition coefficient (Wildman–Crippen LogP) is 9.13. The molecule has 2 aromatic carbocycles. The van der Waals surface area contributed by atoms with Crippen LogP contribution in [0.5, 0.6) is 0 Å². The maximum Gasteiger partial charge on any atom is 0.143 e. The van der Waals surface area contributed by atoms with Gasteiger partial charge in [-0.25, -0.2) is 9.97 Å². The first kappa shape index (κ1) is 27.3. The summed E-state index contributed by atoms with van der Waals surface area (Å²) >= 11 is 11.6. The van der Waals surface area contributed by atoms with Gasteiger partial charge in [0.05, 0.1) is 38.1 Å². The second-order valence-corrected chi connectivity index (χ2v) is 12.7. The first-order chi connectivity index (χ1) is 18.1. The molecule has 1 atom stereocenters. The van der Waals surface area contributed by atoms with Gasteiger partial charge in [-0.05, 0) is 97.6 Å². The number of benzene rings is 2. The van der Waals surface area contributed by atoms with Crippen LogP contribution in [0.3, 0.4) is 0 Å². The molecule has 0 N–H and O–H groups in total. The highest BCUT2D eigenvalue weighted by Crippen LogP contribution is 2.44. The first-order valence-corrected chi connectivity index (χ1v) is 14.6. The van der Waals surface area contributed by atoms with E-state index in [1.54, 1.807) is 11.3 Å². The molecule has 5 aromatic rings. The SMILES string of the molecule is CCOC[C@@H](OC(C)(C)C)c1c(C)cc2nc(-c3ccc4c(n3)c(Br)cn4C)sc2c1-c1ccc(Cl)cc1. The van der Waals surface area contributed by atoms with Crippen LogP contribution < -0.4 is 0 Å². The van der Waals surface area contributed by atoms with Crippen molar-refractivity contribution in [1.82, 2.24) is 14.5 Å². The standard InChI is InChI=1S/C30H31BrClN3O2S/c1-7-36-16-24(37-30(3,4)5)25-17(2)14-22-28(26(25)18-8-10-19(32)11-9-18)38-29(34-22)21-12-13-23-27(33-21)20(31)15-35(23)6/h8-15,24H,7,16H2,1-6H3/t24-/m1/s1. The van der Waals surface area contributed by atoms with E-state index < -0.39 is 0 Å². The zero-order valence-electron chi connectivity index (χ0n) is 22.4. The van der Waals surface area contributed by atoms with E-state index in [9.17, 15) is 0 Å². The summed E-state index contributed by atoms with van der Waals surface area (Å²) in [5.74, 6) is 0. The molecule has 0 fully saturated rings. The Bertz CT molecular complexity index is 1620. The predicted molar refractivity (Wildman–Crippen MR) is 162 cm³/mol. The number of halogens is 2. The monoisotopic (exact) mass is 611 g/mol. The third-order valence-electron chi connectivity index (χ3n) is 6.36. The fourth-order valence-electron chi connectivity index (χ4n) is 4.80. The summed E-state index contributed by atoms with van der Waals surface area (Å²) in [5.41, 5.74) is 7.85. The molecule has 5 nitrogen and oxygen atoms in total. The summed E-state index contributed by atoms with van der Waals surface area (Å²) < 4.78 is 16.7. The average molecular weight is 613 g/mol. The molecule has 0 aliphatic carbocycles. The second-order valence-electron chi connectivity index (χ2n) is 10.4. The fraction of sp³-hybridized carbons (Fsp3) is 0.333. The maximum atomic E-state index is 6.61. The minimum absolute atomic E-state index is 0.245. The highest BCUT2D eigenvalue weighted by atomic mass is 79.9. The Morgan fingerprint density at radius 3 is 2.53 bits per heavy atom. The molecule has 3 heterocycles. The minimum atomic E-state index is -0.346. The Hall–Kier alpha value is -2.29. The highest BCUT2D eigenvalue weighted by Gasteiger charge is 2.28. The molecule has 0 spiro atoms. The van der Waals surface area contributed by atoms with Crippen LogP contribution in [-0.4, -0.2) is 33.3 Å². The van der Waals surface area contributed by atoms with E-state index in [1.165, 1.54) is 0 Å². The Kier molecular flexibility index (Phi) is 7.68. The van der Waals surface area contributed by atoms with E-state index in [4.69, 9.17) is 31.0 Å². The minimum Gasteiger partial charge on any atom is -0.379 e. The number of rotatable bonds is 7. The number of fused-ring (bicyclic) bond motifs is 2. The van der Waals surface area contributed by atoms with Crippen LogP contribution in [0, 0.1) is 6.92 Å². The van der Waals surface area contributed by atoms with E-state index in [0.717, 1.165) is 58.7 Å². The van der Waals surface area contributed by atoms with Gasteiger partial charge in [-0.2, -0.15) is 0 Å². The van der Waals surface area contributed by atoms with Gasteiger partial charge in [0.1, 0.15) is 16.6 Å². The van der Waals surface area contributed by atoms with Gasteiger partial charge in [-0.1, -0.05) is 23.7 Å². The number of thiazole rings is 1. The van der Waals surface area contributed by atoms with Crippen LogP contribution in [0.4, 0.5) is 0 Å². The van der Waals surface area contributed by atoms with Crippen molar-refractivity contribution in [2.75, 3.05) is 13.2 Å². The molecule has 0 amide bonds. The number of ether oxygens (including phenoxy) is 2. The van der Waals surface area contributed by atoms with E-state index in [-0.39, 0.29) is 11.7 Å². The highest BCUT2D eigenvalue weighted by molar-refractivity contribution is 9.10. The van der Waals surface area contributed by atoms with Gasteiger partial charge in [0, 0.05) is 30.4 Å². The lowest BCUT2D eigenvalue weighted by atomic mass is 9.91. The zero-order chi connectivity index (χ0) is 27.2. The van der Waals surface area contributed by atoms with Gasteiger partial charge >= 0.3 is 0 Å². The Morgan fingerprint density at radius 2 is 1.84 bits per heavy atom. The molecule has 0 saturated heterocycles. The van der Waals surface area contributed by atoms with Crippen molar-refractivity contribution in [1.29, 1.82) is 0 Å². The van der Waals surface area contributed by atoms with Gasteiger partial charge in [-0.3, -0.25) is 0 Å². The van der Waals surface area contributed by atoms with Gasteiger partial charge in [-0.15, -0.1) is 11.3 Å². The first-order valence-electron chi connectivity index (χ1n) is 12.6. The van der Waals surface area contributed by atoms with Crippen molar-refractivity contribution in [3.05, 3.63) is 69.3 Å². The third kappa shape index (κ3) is 5.40. The molecule has 198 valence electrons. The fourth-order valence-corrected chi connectivity index (χ4v) is 6.62. The zero-order valence-corrected chi connectivity index (χ0v) is 25.6. The summed E-state index contributed by atoms with van der Waals surface area (Å²) in [4.78, 5) is 10.0. The molecule has 0 aliphatic rings. The summed E-state index contributed by atoms with van der Waals surface area (Å²) in [5, 5.41) is 1.58. The number of nitrogens with zero attached hydrogens (tertiary/aromatic N) is 3. The molecule has 3 aromatic heterocycles. The molecule has 8 heteroatoms. The lowest BCUT2D eigenvalue weighted by Gasteiger charge is -2.30. The van der Waals surface area contributed by atoms with Gasteiger partial charge in [0.15, 0.2) is 0 Å². The van der Waals surface area contributed by atoms with Crippen molar-refractivity contribution in [3.8, 4) is 21.8 Å². The lowest BCUT2D eigenvalue weighted by Crippen LogP contribution is -2.26. The molecule has 38 heavy (non-hydrogen) atoms. The summed E-state index contributed by atoms with van der Waals surface area (Å²) in [7, 11) is 2.02. The van der Waals surface area contributed by atoms with Crippen molar-refractivity contribution >= 4 is 60.1 Å². The van der Waals surface area contributed by atoms with E-state index in [1.807, 2.05) is 38.4 Å². The van der Waals surface area contributed by atoms with Crippen LogP contribution in [0.15, 0.2) is 53.1 Å². The number of hydrogen-bond donors (Lipinski definition) is 0. The smallest absolute Gasteiger partial charge is 0.143 e. The van der Waals surface area contributed by atoms with E-state index >= 15 is 0 Å². The molecule has 0 saturated carbocycles. The Labute approximate surface area is 240 Å². The number of aromatic nitrogens is 3. The molecular weight excluding hydrogens is 582 g/mol. The molecule has 0 bridgehead atoms. The van der Waals surface area contributed by atoms with Crippen LogP contribution in [-0.2, 0) is 16.5 Å². The van der Waals surface area contributed by atoms with Gasteiger partial charge in [0.2, 0.25) is 0 Å². The molecule has 0 aliphatic heterocycles. The molecular formula is C30H31BrClN3O2S. The second kappa shape index (κ2) is 10.7. The van der Waals surface area contributed by atoms with Gasteiger partial charge < -0.3 is 14.0 Å². The van der Waals surface area contributed by atoms with Crippen molar-refractivity contribution in [2.45, 2.75) is 46.3 Å². The largest absolute Gasteiger partial charge is 0.379 e. The number of pyridine rings is 1. The van der Waals surface area contributed by atoms with Crippen molar-refractivity contribution < 1.29 is 9.47 Å². The van der Waals surface area contributed by atoms with E-state index in [0.29, 0.717) is 18.2 Å². The lowest BCUT2D eigenvalue weighted by molar-refractivity contribution is -0.0936. The summed E-state index contributed by atoms with van der Waals surface area (Å²) in [6, 6.07) is 14.3. The van der Waals surface area contributed by atoms with E-state index in [2.05, 4.69) is 72.5 Å². The summed E-state index contributed by atoms with van der Waals surface area (Å²) in [6.45, 7) is 11.5. The quantitative estimate of drug-likeness (QED) is 0.184. The normalized spacial score (nSPS) is 13.1. The van der Waals surface area contributed by atoms with Crippen LogP contribution in [0.25, 0.3) is 43.1 Å². The number of aryl methyl sites for hydroxylation is 2.